The molecule has 0 radical (unpaired) electrons. The van der Waals surface area contributed by atoms with Crippen LogP contribution >= 0.6 is 11.3 Å². The van der Waals surface area contributed by atoms with E-state index in [1.54, 1.807) is 23.5 Å². The first-order valence-corrected chi connectivity index (χ1v) is 12.7. The molecule has 3 aromatic carbocycles. The van der Waals surface area contributed by atoms with Crippen LogP contribution in [0.25, 0.3) is 0 Å². The summed E-state index contributed by atoms with van der Waals surface area (Å²) in [6.07, 6.45) is 0. The van der Waals surface area contributed by atoms with Crippen molar-refractivity contribution >= 4 is 11.3 Å². The van der Waals surface area contributed by atoms with Crippen molar-refractivity contribution in [2.24, 2.45) is 0 Å². The lowest BCUT2D eigenvalue weighted by Gasteiger charge is -2.30. The Bertz CT molecular complexity index is 1260. The van der Waals surface area contributed by atoms with Crippen molar-refractivity contribution in [2.45, 2.75) is 58.3 Å². The molecule has 34 heavy (non-hydrogen) atoms. The first-order valence-electron chi connectivity index (χ1n) is 11.8. The van der Waals surface area contributed by atoms with Gasteiger partial charge in [0, 0.05) is 22.3 Å². The molecule has 0 bridgehead atoms. The van der Waals surface area contributed by atoms with E-state index >= 15 is 0 Å². The average molecular weight is 471 g/mol. The highest BCUT2D eigenvalue weighted by atomic mass is 32.1. The van der Waals surface area contributed by atoms with Gasteiger partial charge in [0.1, 0.15) is 11.5 Å². The van der Waals surface area contributed by atoms with E-state index in [4.69, 9.17) is 0 Å². The first-order chi connectivity index (χ1) is 16.0. The van der Waals surface area contributed by atoms with Crippen molar-refractivity contribution < 1.29 is 10.2 Å². The molecule has 0 spiro atoms. The fraction of sp³-hybridized carbons (Fsp3) is 0.290. The van der Waals surface area contributed by atoms with E-state index in [2.05, 4.69) is 87.8 Å². The van der Waals surface area contributed by atoms with Gasteiger partial charge < -0.3 is 10.2 Å². The largest absolute Gasteiger partial charge is 0.508 e. The third kappa shape index (κ3) is 4.37. The monoisotopic (exact) mass is 470 g/mol. The molecule has 0 fully saturated rings. The van der Waals surface area contributed by atoms with Crippen molar-refractivity contribution in [1.29, 1.82) is 0 Å². The van der Waals surface area contributed by atoms with Gasteiger partial charge >= 0.3 is 0 Å². The molecule has 4 aromatic rings. The molecule has 1 heterocycles. The van der Waals surface area contributed by atoms with Gasteiger partial charge in [-0.2, -0.15) is 11.3 Å². The van der Waals surface area contributed by atoms with E-state index in [0.29, 0.717) is 5.75 Å². The summed E-state index contributed by atoms with van der Waals surface area (Å²) in [7, 11) is 0. The molecule has 0 saturated heterocycles. The van der Waals surface area contributed by atoms with E-state index in [1.165, 1.54) is 27.8 Å². The Morgan fingerprint density at radius 3 is 1.71 bits per heavy atom. The first kappa shape index (κ1) is 24.1. The smallest absolute Gasteiger partial charge is 0.122 e. The molecule has 4 rings (SSSR count). The standard InChI is InChI=1S/C31H34O2S/c1-20-17-26(18-28(29(20)33)21(2)22-15-16-34-19-22)31(5,6)24-9-7-23(8-10-24)30(3,4)25-11-13-27(32)14-12-25/h7-19,21,32-33H,1-6H3. The van der Waals surface area contributed by atoms with Crippen LogP contribution in [0.3, 0.4) is 0 Å². The van der Waals surface area contributed by atoms with E-state index in [-0.39, 0.29) is 22.5 Å². The molecule has 0 saturated carbocycles. The number of benzene rings is 3. The Morgan fingerprint density at radius 2 is 1.21 bits per heavy atom. The number of rotatable bonds is 6. The van der Waals surface area contributed by atoms with Crippen molar-refractivity contribution in [3.05, 3.63) is 116 Å². The van der Waals surface area contributed by atoms with Crippen LogP contribution in [0.15, 0.2) is 77.5 Å². The third-order valence-corrected chi connectivity index (χ3v) is 8.18. The summed E-state index contributed by atoms with van der Waals surface area (Å²) in [6.45, 7) is 13.1. The minimum Gasteiger partial charge on any atom is -0.508 e. The normalized spacial score (nSPS) is 13.1. The highest BCUT2D eigenvalue weighted by Gasteiger charge is 2.28. The van der Waals surface area contributed by atoms with Crippen LogP contribution in [0.4, 0.5) is 0 Å². The van der Waals surface area contributed by atoms with Crippen molar-refractivity contribution in [1.82, 2.24) is 0 Å². The van der Waals surface area contributed by atoms with Crippen LogP contribution in [0.2, 0.25) is 0 Å². The molecule has 1 aromatic heterocycles. The van der Waals surface area contributed by atoms with Gasteiger partial charge in [-0.15, -0.1) is 0 Å². The predicted molar refractivity (Wildman–Crippen MR) is 143 cm³/mol. The number of aryl methyl sites for hydroxylation is 1. The molecule has 176 valence electrons. The second-order valence-corrected chi connectivity index (χ2v) is 11.2. The number of phenolic OH excluding ortho intramolecular Hbond substituents is 2. The Balaban J connectivity index is 1.69. The molecule has 3 heteroatoms. The zero-order valence-corrected chi connectivity index (χ0v) is 21.7. The number of hydrogen-bond donors (Lipinski definition) is 2. The molecule has 0 aliphatic carbocycles. The number of thiophene rings is 1. The second kappa shape index (κ2) is 8.96. The highest BCUT2D eigenvalue weighted by Crippen LogP contribution is 2.41. The number of aromatic hydroxyl groups is 2. The minimum atomic E-state index is -0.219. The van der Waals surface area contributed by atoms with Gasteiger partial charge in [-0.3, -0.25) is 0 Å². The lowest BCUT2D eigenvalue weighted by atomic mass is 9.73. The number of phenols is 2. The number of hydrogen-bond acceptors (Lipinski definition) is 3. The summed E-state index contributed by atoms with van der Waals surface area (Å²) in [6, 6.07) is 22.8. The van der Waals surface area contributed by atoms with E-state index in [1.807, 2.05) is 19.1 Å². The zero-order valence-electron chi connectivity index (χ0n) is 20.9. The van der Waals surface area contributed by atoms with Crippen LogP contribution in [0.1, 0.15) is 79.5 Å². The summed E-state index contributed by atoms with van der Waals surface area (Å²) in [5.74, 6) is 0.812. The van der Waals surface area contributed by atoms with Gasteiger partial charge in [0.25, 0.3) is 0 Å². The minimum absolute atomic E-state index is 0.134. The molecule has 0 aliphatic heterocycles. The average Bonchev–Trinajstić information content (AvgIpc) is 3.35. The zero-order chi connectivity index (χ0) is 24.7. The summed E-state index contributed by atoms with van der Waals surface area (Å²) in [5, 5.41) is 24.8. The van der Waals surface area contributed by atoms with Crippen molar-refractivity contribution in [3.8, 4) is 11.5 Å². The Labute approximate surface area is 207 Å². The molecule has 1 atom stereocenters. The van der Waals surface area contributed by atoms with Gasteiger partial charge in [0.15, 0.2) is 0 Å². The summed E-state index contributed by atoms with van der Waals surface area (Å²) >= 11 is 1.69. The molecule has 0 aliphatic rings. The molecular formula is C31H34O2S. The fourth-order valence-electron chi connectivity index (χ4n) is 4.71. The van der Waals surface area contributed by atoms with Gasteiger partial charge in [-0.1, -0.05) is 83.1 Å². The van der Waals surface area contributed by atoms with Crippen LogP contribution in [0.5, 0.6) is 11.5 Å². The van der Waals surface area contributed by atoms with E-state index in [9.17, 15) is 10.2 Å². The molecule has 1 unspecified atom stereocenters. The summed E-state index contributed by atoms with van der Waals surface area (Å²) in [4.78, 5) is 0. The maximum Gasteiger partial charge on any atom is 0.122 e. The van der Waals surface area contributed by atoms with Crippen LogP contribution in [0, 0.1) is 6.92 Å². The van der Waals surface area contributed by atoms with Crippen LogP contribution < -0.4 is 0 Å². The van der Waals surface area contributed by atoms with Gasteiger partial charge in [0.05, 0.1) is 0 Å². The van der Waals surface area contributed by atoms with Crippen LogP contribution in [-0.4, -0.2) is 10.2 Å². The third-order valence-electron chi connectivity index (χ3n) is 7.48. The lowest BCUT2D eigenvalue weighted by Crippen LogP contribution is -2.22. The Hall–Kier alpha value is -3.04. The Morgan fingerprint density at radius 1 is 0.706 bits per heavy atom. The Kier molecular flexibility index (Phi) is 6.35. The fourth-order valence-corrected chi connectivity index (χ4v) is 5.47. The van der Waals surface area contributed by atoms with Gasteiger partial charge in [-0.25, -0.2) is 0 Å². The van der Waals surface area contributed by atoms with E-state index < -0.39 is 0 Å². The summed E-state index contributed by atoms with van der Waals surface area (Å²) < 4.78 is 0. The maximum absolute atomic E-state index is 10.9. The van der Waals surface area contributed by atoms with Crippen molar-refractivity contribution in [2.75, 3.05) is 0 Å². The lowest BCUT2D eigenvalue weighted by molar-refractivity contribution is 0.460. The maximum atomic E-state index is 10.9. The highest BCUT2D eigenvalue weighted by molar-refractivity contribution is 7.08. The van der Waals surface area contributed by atoms with Gasteiger partial charge in [-0.05, 0) is 69.3 Å². The summed E-state index contributed by atoms with van der Waals surface area (Å²) in [5.41, 5.74) is 7.55. The predicted octanol–water partition coefficient (Wildman–Crippen LogP) is 8.27. The molecule has 0 amide bonds. The second-order valence-electron chi connectivity index (χ2n) is 10.4. The van der Waals surface area contributed by atoms with Crippen molar-refractivity contribution in [3.63, 3.8) is 0 Å². The van der Waals surface area contributed by atoms with Gasteiger partial charge in [0.2, 0.25) is 0 Å². The molecule has 2 nitrogen and oxygen atoms in total. The quantitative estimate of drug-likeness (QED) is 0.298. The molecular weight excluding hydrogens is 436 g/mol. The SMILES string of the molecule is Cc1cc(C(C)(C)c2ccc(C(C)(C)c3ccc(O)cc3)cc2)cc(C(C)c2ccsc2)c1O. The molecule has 2 N–H and O–H groups in total. The topological polar surface area (TPSA) is 40.5 Å². The van der Waals surface area contributed by atoms with E-state index in [0.717, 1.165) is 11.1 Å². The van der Waals surface area contributed by atoms with Crippen LogP contribution in [-0.2, 0) is 10.8 Å².